The zero-order valence-electron chi connectivity index (χ0n) is 14.4. The first-order valence-electron chi connectivity index (χ1n) is 8.01. The fourth-order valence-electron chi connectivity index (χ4n) is 2.58. The average Bonchev–Trinajstić information content (AvgIpc) is 2.50. The van der Waals surface area contributed by atoms with Crippen LogP contribution in [-0.4, -0.2) is 41.6 Å². The molecule has 1 atom stereocenters. The number of piperidine rings is 1. The second kappa shape index (κ2) is 7.84. The van der Waals surface area contributed by atoms with Gasteiger partial charge in [0.25, 0.3) is 5.91 Å². The fraction of sp³-hybridized carbons (Fsp3) is 0.529. The van der Waals surface area contributed by atoms with Crippen molar-refractivity contribution in [1.82, 2.24) is 10.2 Å². The summed E-state index contributed by atoms with van der Waals surface area (Å²) in [6, 6.07) is 1.95. The molecule has 1 saturated heterocycles. The molecule has 2 rings (SSSR count). The van der Waals surface area contributed by atoms with Crippen molar-refractivity contribution in [3.8, 4) is 0 Å². The van der Waals surface area contributed by atoms with Crippen molar-refractivity contribution in [3.63, 3.8) is 0 Å². The lowest BCUT2D eigenvalue weighted by atomic mass is 10.1. The summed E-state index contributed by atoms with van der Waals surface area (Å²) in [6.07, 6.45) is 0.831. The van der Waals surface area contributed by atoms with Gasteiger partial charge in [-0.3, -0.25) is 4.79 Å². The van der Waals surface area contributed by atoms with E-state index in [4.69, 9.17) is 4.74 Å². The fourth-order valence-corrected chi connectivity index (χ4v) is 3.03. The molecule has 0 aromatic heterocycles. The largest absolute Gasteiger partial charge is 0.444 e. The Labute approximate surface area is 159 Å². The van der Waals surface area contributed by atoms with Gasteiger partial charge in [-0.25, -0.2) is 13.6 Å². The lowest BCUT2D eigenvalue weighted by Crippen LogP contribution is -2.50. The number of carbonyl (C=O) groups excluding carboxylic acids is 2. The summed E-state index contributed by atoms with van der Waals surface area (Å²) in [5.74, 6) is -2.60. The topological polar surface area (TPSA) is 58.6 Å². The molecule has 2 amide bonds. The number of hydrogen-bond donors (Lipinski definition) is 1. The number of rotatable bonds is 2. The third kappa shape index (κ3) is 5.26. The Morgan fingerprint density at radius 3 is 2.64 bits per heavy atom. The lowest BCUT2D eigenvalue weighted by molar-refractivity contribution is 0.0185. The van der Waals surface area contributed by atoms with Gasteiger partial charge in [-0.2, -0.15) is 0 Å². The maximum atomic E-state index is 14.1. The first-order chi connectivity index (χ1) is 11.6. The van der Waals surface area contributed by atoms with Crippen LogP contribution in [0.5, 0.6) is 0 Å². The lowest BCUT2D eigenvalue weighted by Gasteiger charge is -2.34. The molecular formula is C17H21F2IN2O3. The van der Waals surface area contributed by atoms with Crippen molar-refractivity contribution in [3.05, 3.63) is 32.9 Å². The molecule has 25 heavy (non-hydrogen) atoms. The zero-order chi connectivity index (χ0) is 18.8. The second-order valence-corrected chi connectivity index (χ2v) is 8.12. The monoisotopic (exact) mass is 466 g/mol. The van der Waals surface area contributed by atoms with Crippen LogP contribution in [0.25, 0.3) is 0 Å². The van der Waals surface area contributed by atoms with Crippen molar-refractivity contribution in [1.29, 1.82) is 0 Å². The minimum absolute atomic E-state index is 0.170. The maximum Gasteiger partial charge on any atom is 0.410 e. The maximum absolute atomic E-state index is 14.1. The molecule has 1 heterocycles. The highest BCUT2D eigenvalue weighted by Crippen LogP contribution is 2.20. The Hall–Kier alpha value is -1.45. The summed E-state index contributed by atoms with van der Waals surface area (Å²) in [5.41, 5.74) is -1.21. The van der Waals surface area contributed by atoms with Gasteiger partial charge >= 0.3 is 6.09 Å². The summed E-state index contributed by atoms with van der Waals surface area (Å²) >= 11 is 1.70. The molecule has 1 fully saturated rings. The van der Waals surface area contributed by atoms with Gasteiger partial charge < -0.3 is 15.0 Å². The Morgan fingerprint density at radius 1 is 1.32 bits per heavy atom. The third-order valence-electron chi connectivity index (χ3n) is 3.68. The Balaban J connectivity index is 2.04. The standard InChI is InChI=1S/C17H21F2IN2O3/c1-17(2,3)25-16(24)22-8-4-5-10(9-22)21-15(23)13-11(18)6-7-12(20)14(13)19/h6-7,10H,4-5,8-9H2,1-3H3,(H,21,23)/t10-/m0/s1. The van der Waals surface area contributed by atoms with Gasteiger partial charge in [0.1, 0.15) is 17.0 Å². The second-order valence-electron chi connectivity index (χ2n) is 6.96. The predicted octanol–water partition coefficient (Wildman–Crippen LogP) is 3.70. The van der Waals surface area contributed by atoms with E-state index >= 15 is 0 Å². The first kappa shape index (κ1) is 19.9. The van der Waals surface area contributed by atoms with Gasteiger partial charge in [0.15, 0.2) is 5.82 Å². The number of hydrogen-bond acceptors (Lipinski definition) is 3. The molecule has 0 saturated carbocycles. The minimum Gasteiger partial charge on any atom is -0.444 e. The van der Waals surface area contributed by atoms with Gasteiger partial charge in [-0.1, -0.05) is 0 Å². The number of nitrogens with zero attached hydrogens (tertiary/aromatic N) is 1. The Bertz CT molecular complexity index is 677. The van der Waals surface area contributed by atoms with Crippen LogP contribution in [0.3, 0.4) is 0 Å². The van der Waals surface area contributed by atoms with E-state index < -0.39 is 34.8 Å². The van der Waals surface area contributed by atoms with Gasteiger partial charge in [0.2, 0.25) is 0 Å². The van der Waals surface area contributed by atoms with Crippen LogP contribution >= 0.6 is 22.6 Å². The number of benzene rings is 1. The molecule has 1 N–H and O–H groups in total. The minimum atomic E-state index is -0.907. The van der Waals surface area contributed by atoms with Crippen molar-refractivity contribution >= 4 is 34.6 Å². The van der Waals surface area contributed by atoms with E-state index in [1.54, 1.807) is 43.4 Å². The Morgan fingerprint density at radius 2 is 2.00 bits per heavy atom. The summed E-state index contributed by atoms with van der Waals surface area (Å²) < 4.78 is 33.4. The van der Waals surface area contributed by atoms with E-state index in [-0.39, 0.29) is 16.2 Å². The van der Waals surface area contributed by atoms with Crippen LogP contribution in [0.2, 0.25) is 0 Å². The highest BCUT2D eigenvalue weighted by atomic mass is 127. The van der Waals surface area contributed by atoms with Gasteiger partial charge in [0, 0.05) is 22.7 Å². The van der Waals surface area contributed by atoms with Crippen LogP contribution in [0, 0.1) is 15.2 Å². The molecule has 1 aromatic rings. The number of likely N-dealkylation sites (tertiary alicyclic amines) is 1. The normalized spacial score (nSPS) is 18.0. The molecule has 0 radical (unpaired) electrons. The average molecular weight is 466 g/mol. The summed E-state index contributed by atoms with van der Waals surface area (Å²) in [7, 11) is 0. The van der Waals surface area contributed by atoms with Gasteiger partial charge in [-0.15, -0.1) is 0 Å². The van der Waals surface area contributed by atoms with Crippen LogP contribution in [0.15, 0.2) is 12.1 Å². The van der Waals surface area contributed by atoms with E-state index in [0.717, 1.165) is 6.07 Å². The number of halogens is 3. The van der Waals surface area contributed by atoms with E-state index in [0.29, 0.717) is 19.4 Å². The third-order valence-corrected chi connectivity index (χ3v) is 4.51. The Kier molecular flexibility index (Phi) is 6.23. The quantitative estimate of drug-likeness (QED) is 0.535. The molecule has 0 spiro atoms. The molecule has 0 bridgehead atoms. The van der Waals surface area contributed by atoms with E-state index in [1.165, 1.54) is 11.0 Å². The van der Waals surface area contributed by atoms with Crippen LogP contribution in [-0.2, 0) is 4.74 Å². The van der Waals surface area contributed by atoms with Crippen LogP contribution in [0.1, 0.15) is 44.0 Å². The van der Waals surface area contributed by atoms with Crippen LogP contribution < -0.4 is 5.32 Å². The highest BCUT2D eigenvalue weighted by molar-refractivity contribution is 14.1. The molecule has 5 nitrogen and oxygen atoms in total. The van der Waals surface area contributed by atoms with Crippen molar-refractivity contribution < 1.29 is 23.1 Å². The number of nitrogens with one attached hydrogen (secondary N) is 1. The molecule has 1 aliphatic rings. The van der Waals surface area contributed by atoms with Crippen molar-refractivity contribution in [2.75, 3.05) is 13.1 Å². The highest BCUT2D eigenvalue weighted by Gasteiger charge is 2.29. The summed E-state index contributed by atoms with van der Waals surface area (Å²) in [4.78, 5) is 25.9. The number of ether oxygens (including phenoxy) is 1. The predicted molar refractivity (Wildman–Crippen MR) is 97.4 cm³/mol. The molecule has 1 aliphatic heterocycles. The molecule has 0 aliphatic carbocycles. The molecule has 1 aromatic carbocycles. The van der Waals surface area contributed by atoms with Crippen LogP contribution in [0.4, 0.5) is 13.6 Å². The SMILES string of the molecule is CC(C)(C)OC(=O)N1CCC[C@H](NC(=O)c2c(F)ccc(I)c2F)C1. The zero-order valence-corrected chi connectivity index (χ0v) is 16.5. The number of amides is 2. The van der Waals surface area contributed by atoms with E-state index in [1.807, 2.05) is 0 Å². The van der Waals surface area contributed by atoms with Crippen molar-refractivity contribution in [2.24, 2.45) is 0 Å². The molecule has 0 unspecified atom stereocenters. The van der Waals surface area contributed by atoms with E-state index in [2.05, 4.69) is 5.32 Å². The summed E-state index contributed by atoms with van der Waals surface area (Å²) in [6.45, 7) is 6.09. The van der Waals surface area contributed by atoms with Gasteiger partial charge in [-0.05, 0) is 68.3 Å². The molecule has 8 heteroatoms. The smallest absolute Gasteiger partial charge is 0.410 e. The van der Waals surface area contributed by atoms with Gasteiger partial charge in [0.05, 0.1) is 0 Å². The molecule has 138 valence electrons. The number of carbonyl (C=O) groups is 2. The first-order valence-corrected chi connectivity index (χ1v) is 9.08. The molecular weight excluding hydrogens is 445 g/mol. The van der Waals surface area contributed by atoms with Crippen molar-refractivity contribution in [2.45, 2.75) is 45.3 Å². The summed E-state index contributed by atoms with van der Waals surface area (Å²) in [5, 5.41) is 2.62. The van der Waals surface area contributed by atoms with E-state index in [9.17, 15) is 18.4 Å².